The first-order valence-corrected chi connectivity index (χ1v) is 6.46. The summed E-state index contributed by atoms with van der Waals surface area (Å²) in [6, 6.07) is 8.89. The van der Waals surface area contributed by atoms with Crippen LogP contribution in [0.1, 0.15) is 10.4 Å². The minimum absolute atomic E-state index is 0.0498. The molecule has 2 rings (SSSR count). The Balaban J connectivity index is 2.28. The number of hydrogen-bond acceptors (Lipinski definition) is 2. The molecule has 0 heterocycles. The number of carbonyl (C=O) groups excluding carboxylic acids is 1. The van der Waals surface area contributed by atoms with Crippen molar-refractivity contribution >= 4 is 44.8 Å². The number of hydrogen-bond donors (Lipinski definition) is 2. The number of anilines is 2. The average Bonchev–Trinajstić information content (AvgIpc) is 2.35. The zero-order valence-electron chi connectivity index (χ0n) is 9.58. The Bertz CT molecular complexity index is 649. The van der Waals surface area contributed by atoms with Crippen molar-refractivity contribution in [2.24, 2.45) is 0 Å². The highest BCUT2D eigenvalue weighted by Gasteiger charge is 2.12. The van der Waals surface area contributed by atoms with E-state index in [9.17, 15) is 9.18 Å². The van der Waals surface area contributed by atoms with E-state index in [2.05, 4.69) is 21.2 Å². The second kappa shape index (κ2) is 5.59. The summed E-state index contributed by atoms with van der Waals surface area (Å²) in [4.78, 5) is 12.0. The molecule has 0 bridgehead atoms. The number of carbonyl (C=O) groups is 1. The predicted molar refractivity (Wildman–Crippen MR) is 77.9 cm³/mol. The Labute approximate surface area is 122 Å². The van der Waals surface area contributed by atoms with Gasteiger partial charge in [-0.05, 0) is 36.4 Å². The standard InChI is InChI=1S/C13H9BrClFN2O/c14-7-1-3-11(17)9(5-7)13(19)18-12-4-2-8(15)6-10(12)16/h1-6H,17H2,(H,18,19). The van der Waals surface area contributed by atoms with Crippen molar-refractivity contribution in [1.29, 1.82) is 0 Å². The van der Waals surface area contributed by atoms with Crippen molar-refractivity contribution in [1.82, 2.24) is 0 Å². The van der Waals surface area contributed by atoms with E-state index < -0.39 is 11.7 Å². The number of nitrogens with two attached hydrogens (primary N) is 1. The van der Waals surface area contributed by atoms with Crippen molar-refractivity contribution in [3.05, 3.63) is 57.3 Å². The molecule has 0 atom stereocenters. The summed E-state index contributed by atoms with van der Waals surface area (Å²) in [6.07, 6.45) is 0. The second-order valence-corrected chi connectivity index (χ2v) is 5.16. The molecule has 0 aliphatic rings. The lowest BCUT2D eigenvalue weighted by molar-refractivity contribution is 0.102. The summed E-state index contributed by atoms with van der Waals surface area (Å²) >= 11 is 8.88. The maximum atomic E-state index is 13.6. The molecule has 0 unspecified atom stereocenters. The van der Waals surface area contributed by atoms with Gasteiger partial charge < -0.3 is 11.1 Å². The predicted octanol–water partition coefficient (Wildman–Crippen LogP) is 4.08. The molecular formula is C13H9BrClFN2O. The fourth-order valence-electron chi connectivity index (χ4n) is 1.51. The fourth-order valence-corrected chi connectivity index (χ4v) is 2.03. The van der Waals surface area contributed by atoms with E-state index in [4.69, 9.17) is 17.3 Å². The molecule has 0 radical (unpaired) electrons. The minimum atomic E-state index is -0.602. The molecule has 0 aliphatic heterocycles. The quantitative estimate of drug-likeness (QED) is 0.807. The topological polar surface area (TPSA) is 55.1 Å². The zero-order chi connectivity index (χ0) is 14.0. The van der Waals surface area contributed by atoms with Crippen LogP contribution in [0.5, 0.6) is 0 Å². The molecule has 3 N–H and O–H groups in total. The number of halogens is 3. The molecular weight excluding hydrogens is 335 g/mol. The van der Waals surface area contributed by atoms with E-state index in [1.165, 1.54) is 12.1 Å². The Morgan fingerprint density at radius 3 is 2.68 bits per heavy atom. The highest BCUT2D eigenvalue weighted by molar-refractivity contribution is 9.10. The van der Waals surface area contributed by atoms with E-state index in [0.29, 0.717) is 10.2 Å². The van der Waals surface area contributed by atoms with E-state index in [1.807, 2.05) is 0 Å². The first kappa shape index (κ1) is 13.8. The van der Waals surface area contributed by atoms with Gasteiger partial charge in [0.25, 0.3) is 5.91 Å². The van der Waals surface area contributed by atoms with Crippen molar-refractivity contribution < 1.29 is 9.18 Å². The molecule has 98 valence electrons. The molecule has 2 aromatic carbocycles. The molecule has 2 aromatic rings. The lowest BCUT2D eigenvalue weighted by Gasteiger charge is -2.09. The highest BCUT2D eigenvalue weighted by Crippen LogP contribution is 2.22. The Morgan fingerprint density at radius 2 is 2.00 bits per heavy atom. The molecule has 0 aliphatic carbocycles. The van der Waals surface area contributed by atoms with Crippen molar-refractivity contribution in [3.8, 4) is 0 Å². The maximum absolute atomic E-state index is 13.6. The fraction of sp³-hybridized carbons (Fsp3) is 0. The van der Waals surface area contributed by atoms with Crippen LogP contribution in [0.4, 0.5) is 15.8 Å². The third kappa shape index (κ3) is 3.24. The van der Waals surface area contributed by atoms with Gasteiger partial charge in [0.15, 0.2) is 0 Å². The largest absolute Gasteiger partial charge is 0.398 e. The van der Waals surface area contributed by atoms with Gasteiger partial charge in [0.05, 0.1) is 11.3 Å². The minimum Gasteiger partial charge on any atom is -0.398 e. The Kier molecular flexibility index (Phi) is 4.07. The second-order valence-electron chi connectivity index (χ2n) is 3.81. The first-order chi connectivity index (χ1) is 8.97. The van der Waals surface area contributed by atoms with Gasteiger partial charge in [0, 0.05) is 15.2 Å². The summed E-state index contributed by atoms with van der Waals surface area (Å²) in [5, 5.41) is 2.71. The number of nitrogen functional groups attached to an aromatic ring is 1. The van der Waals surface area contributed by atoms with Gasteiger partial charge in [-0.1, -0.05) is 27.5 Å². The molecule has 0 saturated carbocycles. The van der Waals surface area contributed by atoms with Crippen LogP contribution in [0.3, 0.4) is 0 Å². The monoisotopic (exact) mass is 342 g/mol. The van der Waals surface area contributed by atoms with Crippen LogP contribution in [-0.2, 0) is 0 Å². The summed E-state index contributed by atoms with van der Waals surface area (Å²) in [5.41, 5.74) is 6.34. The van der Waals surface area contributed by atoms with Crippen LogP contribution in [0.15, 0.2) is 40.9 Å². The van der Waals surface area contributed by atoms with E-state index in [0.717, 1.165) is 6.07 Å². The van der Waals surface area contributed by atoms with Crippen LogP contribution < -0.4 is 11.1 Å². The number of amides is 1. The molecule has 3 nitrogen and oxygen atoms in total. The molecule has 19 heavy (non-hydrogen) atoms. The summed E-state index contributed by atoms with van der Waals surface area (Å²) < 4.78 is 14.3. The van der Waals surface area contributed by atoms with Gasteiger partial charge in [-0.25, -0.2) is 4.39 Å². The molecule has 1 amide bonds. The number of benzene rings is 2. The summed E-state index contributed by atoms with van der Waals surface area (Å²) in [6.45, 7) is 0. The van der Waals surface area contributed by atoms with Gasteiger partial charge in [0.1, 0.15) is 5.82 Å². The lowest BCUT2D eigenvalue weighted by Crippen LogP contribution is -2.15. The van der Waals surface area contributed by atoms with Crippen LogP contribution >= 0.6 is 27.5 Å². The van der Waals surface area contributed by atoms with Crippen molar-refractivity contribution in [2.45, 2.75) is 0 Å². The molecule has 0 spiro atoms. The van der Waals surface area contributed by atoms with E-state index in [-0.39, 0.29) is 16.3 Å². The van der Waals surface area contributed by atoms with Crippen LogP contribution in [0.25, 0.3) is 0 Å². The van der Waals surface area contributed by atoms with Crippen LogP contribution in [0, 0.1) is 5.82 Å². The molecule has 0 saturated heterocycles. The average molecular weight is 344 g/mol. The van der Waals surface area contributed by atoms with Crippen LogP contribution in [0.2, 0.25) is 5.02 Å². The van der Waals surface area contributed by atoms with E-state index >= 15 is 0 Å². The van der Waals surface area contributed by atoms with E-state index in [1.54, 1.807) is 18.2 Å². The summed E-state index contributed by atoms with van der Waals surface area (Å²) in [5.74, 6) is -1.09. The van der Waals surface area contributed by atoms with Gasteiger partial charge in [-0.3, -0.25) is 4.79 Å². The zero-order valence-corrected chi connectivity index (χ0v) is 11.9. The number of nitrogens with one attached hydrogen (secondary N) is 1. The van der Waals surface area contributed by atoms with Crippen molar-refractivity contribution in [2.75, 3.05) is 11.1 Å². The van der Waals surface area contributed by atoms with Crippen LogP contribution in [-0.4, -0.2) is 5.91 Å². The van der Waals surface area contributed by atoms with Gasteiger partial charge in [0.2, 0.25) is 0 Å². The highest BCUT2D eigenvalue weighted by atomic mass is 79.9. The summed E-state index contributed by atoms with van der Waals surface area (Å²) in [7, 11) is 0. The third-order valence-electron chi connectivity index (χ3n) is 2.44. The SMILES string of the molecule is Nc1ccc(Br)cc1C(=O)Nc1ccc(Cl)cc1F. The smallest absolute Gasteiger partial charge is 0.257 e. The maximum Gasteiger partial charge on any atom is 0.257 e. The van der Waals surface area contributed by atoms with Gasteiger partial charge in [-0.2, -0.15) is 0 Å². The Hall–Kier alpha value is -1.59. The molecule has 0 aromatic heterocycles. The normalized spacial score (nSPS) is 10.3. The lowest BCUT2D eigenvalue weighted by atomic mass is 10.1. The Morgan fingerprint density at radius 1 is 1.26 bits per heavy atom. The molecule has 0 fully saturated rings. The number of rotatable bonds is 2. The van der Waals surface area contributed by atoms with Crippen molar-refractivity contribution in [3.63, 3.8) is 0 Å². The first-order valence-electron chi connectivity index (χ1n) is 5.29. The third-order valence-corrected chi connectivity index (χ3v) is 3.17. The molecule has 6 heteroatoms. The van der Waals surface area contributed by atoms with Gasteiger partial charge in [-0.15, -0.1) is 0 Å². The van der Waals surface area contributed by atoms with Gasteiger partial charge >= 0.3 is 0 Å².